The Morgan fingerprint density at radius 3 is 3.25 bits per heavy atom. The van der Waals surface area contributed by atoms with E-state index in [2.05, 4.69) is 15.3 Å². The number of nitriles is 1. The van der Waals surface area contributed by atoms with Crippen LogP contribution in [0.1, 0.15) is 5.69 Å². The summed E-state index contributed by atoms with van der Waals surface area (Å²) in [7, 11) is 0. The van der Waals surface area contributed by atoms with Crippen LogP contribution in [0.3, 0.4) is 0 Å². The molecule has 1 aliphatic heterocycles. The average molecular weight is 220 g/mol. The van der Waals surface area contributed by atoms with Crippen molar-refractivity contribution in [2.45, 2.75) is 6.10 Å². The first kappa shape index (κ1) is 10.8. The van der Waals surface area contributed by atoms with Gasteiger partial charge in [-0.05, 0) is 6.07 Å². The quantitative estimate of drug-likeness (QED) is 0.782. The maximum atomic E-state index is 8.67. The van der Waals surface area contributed by atoms with E-state index >= 15 is 0 Å². The molecule has 1 saturated heterocycles. The highest BCUT2D eigenvalue weighted by Gasteiger charge is 2.14. The molecule has 0 saturated carbocycles. The maximum absolute atomic E-state index is 8.67. The summed E-state index contributed by atoms with van der Waals surface area (Å²) >= 11 is 0. The van der Waals surface area contributed by atoms with Crippen LogP contribution in [0.5, 0.6) is 0 Å². The standard InChI is InChI=1S/C10H12N4O2/c11-5-8-1-2-12-10(14-8)13-6-9-7-15-3-4-16-9/h1-2,9H,3-4,6-7H2,(H,12,13,14). The maximum Gasteiger partial charge on any atom is 0.223 e. The number of hydrogen-bond donors (Lipinski definition) is 1. The van der Waals surface area contributed by atoms with Gasteiger partial charge in [-0.1, -0.05) is 0 Å². The molecular weight excluding hydrogens is 208 g/mol. The number of rotatable bonds is 3. The minimum absolute atomic E-state index is 0.0168. The van der Waals surface area contributed by atoms with Gasteiger partial charge >= 0.3 is 0 Å². The molecule has 0 aromatic carbocycles. The molecule has 1 aromatic rings. The number of nitrogens with one attached hydrogen (secondary N) is 1. The van der Waals surface area contributed by atoms with E-state index in [-0.39, 0.29) is 6.10 Å². The highest BCUT2D eigenvalue weighted by molar-refractivity contribution is 5.30. The molecule has 0 amide bonds. The largest absolute Gasteiger partial charge is 0.376 e. The van der Waals surface area contributed by atoms with Gasteiger partial charge in [0.25, 0.3) is 0 Å². The normalized spacial score (nSPS) is 20.1. The molecule has 0 bridgehead atoms. The van der Waals surface area contributed by atoms with Gasteiger partial charge in [-0.2, -0.15) is 5.26 Å². The Morgan fingerprint density at radius 1 is 1.56 bits per heavy atom. The summed E-state index contributed by atoms with van der Waals surface area (Å²) in [6.07, 6.45) is 1.56. The third-order valence-corrected chi connectivity index (χ3v) is 2.14. The lowest BCUT2D eigenvalue weighted by Crippen LogP contribution is -2.34. The summed E-state index contributed by atoms with van der Waals surface area (Å²) in [4.78, 5) is 8.00. The number of aromatic nitrogens is 2. The molecule has 6 heteroatoms. The van der Waals surface area contributed by atoms with Gasteiger partial charge in [-0.3, -0.25) is 0 Å². The Bertz CT molecular complexity index is 385. The van der Waals surface area contributed by atoms with Gasteiger partial charge in [-0.25, -0.2) is 9.97 Å². The van der Waals surface area contributed by atoms with Crippen LogP contribution in [0, 0.1) is 11.3 Å². The van der Waals surface area contributed by atoms with Crippen LogP contribution in [-0.4, -0.2) is 42.4 Å². The van der Waals surface area contributed by atoms with Gasteiger partial charge in [0.05, 0.1) is 25.9 Å². The van der Waals surface area contributed by atoms with Crippen molar-refractivity contribution in [2.75, 3.05) is 31.7 Å². The Morgan fingerprint density at radius 2 is 2.50 bits per heavy atom. The first-order valence-corrected chi connectivity index (χ1v) is 5.05. The number of hydrogen-bond acceptors (Lipinski definition) is 6. The number of anilines is 1. The Hall–Kier alpha value is -1.71. The zero-order valence-electron chi connectivity index (χ0n) is 8.72. The van der Waals surface area contributed by atoms with E-state index in [0.717, 1.165) is 0 Å². The van der Waals surface area contributed by atoms with Crippen molar-refractivity contribution in [1.29, 1.82) is 5.26 Å². The van der Waals surface area contributed by atoms with E-state index in [0.29, 0.717) is 38.0 Å². The average Bonchev–Trinajstić information content (AvgIpc) is 2.38. The van der Waals surface area contributed by atoms with Gasteiger partial charge in [0.2, 0.25) is 5.95 Å². The summed E-state index contributed by atoms with van der Waals surface area (Å²) in [5.41, 5.74) is 0.346. The Kier molecular flexibility index (Phi) is 3.64. The summed E-state index contributed by atoms with van der Waals surface area (Å²) < 4.78 is 10.7. The van der Waals surface area contributed by atoms with E-state index in [1.54, 1.807) is 12.3 Å². The zero-order valence-corrected chi connectivity index (χ0v) is 8.72. The van der Waals surface area contributed by atoms with Crippen molar-refractivity contribution < 1.29 is 9.47 Å². The molecule has 2 heterocycles. The lowest BCUT2D eigenvalue weighted by atomic mass is 10.3. The molecule has 84 valence electrons. The second-order valence-corrected chi connectivity index (χ2v) is 3.33. The molecule has 1 aromatic heterocycles. The zero-order chi connectivity index (χ0) is 11.2. The van der Waals surface area contributed by atoms with Gasteiger partial charge in [0.15, 0.2) is 0 Å². The van der Waals surface area contributed by atoms with E-state index in [1.807, 2.05) is 6.07 Å². The first-order chi connectivity index (χ1) is 7.88. The minimum Gasteiger partial charge on any atom is -0.376 e. The number of ether oxygens (including phenoxy) is 2. The Balaban J connectivity index is 1.86. The lowest BCUT2D eigenvalue weighted by Gasteiger charge is -2.22. The van der Waals surface area contributed by atoms with Crippen molar-refractivity contribution in [2.24, 2.45) is 0 Å². The van der Waals surface area contributed by atoms with Gasteiger partial charge < -0.3 is 14.8 Å². The van der Waals surface area contributed by atoms with E-state index in [9.17, 15) is 0 Å². The molecule has 16 heavy (non-hydrogen) atoms. The Labute approximate surface area is 93.2 Å². The fourth-order valence-corrected chi connectivity index (χ4v) is 1.37. The van der Waals surface area contributed by atoms with Crippen molar-refractivity contribution in [3.63, 3.8) is 0 Å². The van der Waals surface area contributed by atoms with Crippen LogP contribution in [0.15, 0.2) is 12.3 Å². The van der Waals surface area contributed by atoms with Crippen molar-refractivity contribution in [3.8, 4) is 6.07 Å². The molecule has 1 aliphatic rings. The molecule has 0 radical (unpaired) electrons. The second kappa shape index (κ2) is 5.39. The molecular formula is C10H12N4O2. The lowest BCUT2D eigenvalue weighted by molar-refractivity contribution is -0.0819. The molecule has 1 atom stereocenters. The molecule has 6 nitrogen and oxygen atoms in total. The van der Waals surface area contributed by atoms with Crippen LogP contribution >= 0.6 is 0 Å². The van der Waals surface area contributed by atoms with Crippen LogP contribution in [0.4, 0.5) is 5.95 Å². The van der Waals surface area contributed by atoms with Crippen LogP contribution in [-0.2, 0) is 9.47 Å². The van der Waals surface area contributed by atoms with Crippen molar-refractivity contribution in [3.05, 3.63) is 18.0 Å². The summed E-state index contributed by atoms with van der Waals surface area (Å²) in [6.45, 7) is 2.42. The van der Waals surface area contributed by atoms with E-state index in [4.69, 9.17) is 14.7 Å². The van der Waals surface area contributed by atoms with Crippen molar-refractivity contribution >= 4 is 5.95 Å². The molecule has 1 unspecified atom stereocenters. The molecule has 0 spiro atoms. The van der Waals surface area contributed by atoms with Gasteiger partial charge in [0.1, 0.15) is 11.8 Å². The predicted molar refractivity (Wildman–Crippen MR) is 55.8 cm³/mol. The monoisotopic (exact) mass is 220 g/mol. The van der Waals surface area contributed by atoms with Crippen LogP contribution < -0.4 is 5.32 Å². The number of nitrogens with zero attached hydrogens (tertiary/aromatic N) is 3. The van der Waals surface area contributed by atoms with Crippen molar-refractivity contribution in [1.82, 2.24) is 9.97 Å². The van der Waals surface area contributed by atoms with Crippen LogP contribution in [0.2, 0.25) is 0 Å². The molecule has 2 rings (SSSR count). The minimum atomic E-state index is 0.0168. The van der Waals surface area contributed by atoms with Gasteiger partial charge in [0, 0.05) is 12.7 Å². The summed E-state index contributed by atoms with van der Waals surface area (Å²) in [5.74, 6) is 0.438. The first-order valence-electron chi connectivity index (χ1n) is 5.05. The second-order valence-electron chi connectivity index (χ2n) is 3.33. The fourth-order valence-electron chi connectivity index (χ4n) is 1.37. The highest BCUT2D eigenvalue weighted by Crippen LogP contribution is 2.03. The third-order valence-electron chi connectivity index (χ3n) is 2.14. The van der Waals surface area contributed by atoms with E-state index < -0.39 is 0 Å². The highest BCUT2D eigenvalue weighted by atomic mass is 16.6. The molecule has 1 N–H and O–H groups in total. The van der Waals surface area contributed by atoms with Crippen LogP contribution in [0.25, 0.3) is 0 Å². The van der Waals surface area contributed by atoms with Gasteiger partial charge in [-0.15, -0.1) is 0 Å². The predicted octanol–water partition coefficient (Wildman–Crippen LogP) is 0.176. The summed E-state index contributed by atoms with van der Waals surface area (Å²) in [6, 6.07) is 3.52. The summed E-state index contributed by atoms with van der Waals surface area (Å²) in [5, 5.41) is 11.7. The smallest absolute Gasteiger partial charge is 0.223 e. The third kappa shape index (κ3) is 2.89. The molecule has 0 aliphatic carbocycles. The fraction of sp³-hybridized carbons (Fsp3) is 0.500. The van der Waals surface area contributed by atoms with E-state index in [1.165, 1.54) is 0 Å². The SMILES string of the molecule is N#Cc1ccnc(NCC2COCCO2)n1. The molecule has 1 fully saturated rings. The topological polar surface area (TPSA) is 80.1 Å².